The topological polar surface area (TPSA) is 58.4 Å². The Morgan fingerprint density at radius 2 is 1.95 bits per heavy atom. The van der Waals surface area contributed by atoms with Crippen molar-refractivity contribution in [1.29, 1.82) is 0 Å². The van der Waals surface area contributed by atoms with Crippen LogP contribution in [0.1, 0.15) is 10.4 Å². The molecule has 0 atom stereocenters. The van der Waals surface area contributed by atoms with Gasteiger partial charge in [-0.2, -0.15) is 0 Å². The lowest BCUT2D eigenvalue weighted by atomic mass is 10.1. The number of rotatable bonds is 3. The maximum atomic E-state index is 12.0. The number of nitrogens with two attached hydrogens (primary N) is 1. The Labute approximate surface area is 123 Å². The van der Waals surface area contributed by atoms with Crippen molar-refractivity contribution in [2.75, 3.05) is 25.1 Å². The summed E-state index contributed by atoms with van der Waals surface area (Å²) in [5.41, 5.74) is 8.58. The largest absolute Gasteiger partial charge is 0.397 e. The van der Waals surface area contributed by atoms with Crippen molar-refractivity contribution in [2.45, 2.75) is 0 Å². The summed E-state index contributed by atoms with van der Waals surface area (Å²) in [4.78, 5) is 13.5. The van der Waals surface area contributed by atoms with Gasteiger partial charge in [-0.1, -0.05) is 17.7 Å². The van der Waals surface area contributed by atoms with E-state index in [9.17, 15) is 4.79 Å². The maximum Gasteiger partial charge on any atom is 0.253 e. The fourth-order valence-corrected chi connectivity index (χ4v) is 1.97. The molecule has 0 radical (unpaired) electrons. The second kappa shape index (κ2) is 5.84. The highest BCUT2D eigenvalue weighted by Crippen LogP contribution is 2.26. The number of hydrogen-bond acceptors (Lipinski definition) is 3. The van der Waals surface area contributed by atoms with Crippen molar-refractivity contribution >= 4 is 34.6 Å². The lowest BCUT2D eigenvalue weighted by Gasteiger charge is -2.14. The molecule has 20 heavy (non-hydrogen) atoms. The normalized spacial score (nSPS) is 10.2. The molecule has 0 aliphatic rings. The van der Waals surface area contributed by atoms with Crippen molar-refractivity contribution in [3.63, 3.8) is 0 Å². The first-order chi connectivity index (χ1) is 9.47. The predicted molar refractivity (Wildman–Crippen MR) is 83.6 cm³/mol. The fraction of sp³-hybridized carbons (Fsp3) is 0.133. The van der Waals surface area contributed by atoms with E-state index in [1.165, 1.54) is 4.90 Å². The molecular formula is C15H16ClN3O. The van der Waals surface area contributed by atoms with Crippen LogP contribution in [0.15, 0.2) is 42.5 Å². The summed E-state index contributed by atoms with van der Waals surface area (Å²) in [6, 6.07) is 12.5. The molecule has 0 saturated heterocycles. The highest BCUT2D eigenvalue weighted by atomic mass is 35.5. The van der Waals surface area contributed by atoms with Gasteiger partial charge >= 0.3 is 0 Å². The van der Waals surface area contributed by atoms with E-state index in [0.29, 0.717) is 22.0 Å². The molecule has 1 amide bonds. The van der Waals surface area contributed by atoms with E-state index < -0.39 is 0 Å². The molecule has 5 heteroatoms. The zero-order valence-electron chi connectivity index (χ0n) is 11.4. The molecule has 0 aromatic heterocycles. The minimum atomic E-state index is -0.0702. The van der Waals surface area contributed by atoms with Gasteiger partial charge in [0.2, 0.25) is 0 Å². The molecule has 0 spiro atoms. The number of benzene rings is 2. The van der Waals surface area contributed by atoms with Gasteiger partial charge in [0.25, 0.3) is 5.91 Å². The summed E-state index contributed by atoms with van der Waals surface area (Å²) in [5.74, 6) is -0.0702. The van der Waals surface area contributed by atoms with E-state index in [0.717, 1.165) is 5.69 Å². The van der Waals surface area contributed by atoms with E-state index in [1.54, 1.807) is 44.4 Å². The molecule has 0 fully saturated rings. The minimum Gasteiger partial charge on any atom is -0.397 e. The van der Waals surface area contributed by atoms with Crippen molar-refractivity contribution in [1.82, 2.24) is 4.90 Å². The van der Waals surface area contributed by atoms with Crippen LogP contribution in [-0.4, -0.2) is 24.9 Å². The molecule has 0 heterocycles. The van der Waals surface area contributed by atoms with E-state index >= 15 is 0 Å². The molecule has 0 saturated carbocycles. The Hall–Kier alpha value is -2.20. The first-order valence-electron chi connectivity index (χ1n) is 6.11. The summed E-state index contributed by atoms with van der Waals surface area (Å²) in [7, 11) is 3.42. The van der Waals surface area contributed by atoms with E-state index in [1.807, 2.05) is 12.1 Å². The van der Waals surface area contributed by atoms with E-state index in [-0.39, 0.29) is 5.91 Å². The van der Waals surface area contributed by atoms with Gasteiger partial charge in [0, 0.05) is 30.4 Å². The molecule has 0 bridgehead atoms. The molecule has 104 valence electrons. The monoisotopic (exact) mass is 289 g/mol. The van der Waals surface area contributed by atoms with Gasteiger partial charge in [-0.3, -0.25) is 4.79 Å². The number of hydrogen-bond donors (Lipinski definition) is 2. The molecule has 2 aromatic carbocycles. The number of nitrogen functional groups attached to an aromatic ring is 1. The van der Waals surface area contributed by atoms with Gasteiger partial charge in [-0.05, 0) is 36.4 Å². The highest BCUT2D eigenvalue weighted by Gasteiger charge is 2.10. The quantitative estimate of drug-likeness (QED) is 0.852. The van der Waals surface area contributed by atoms with Crippen LogP contribution >= 0.6 is 11.6 Å². The fourth-order valence-electron chi connectivity index (χ4n) is 1.78. The maximum absolute atomic E-state index is 12.0. The van der Waals surface area contributed by atoms with Gasteiger partial charge in [-0.25, -0.2) is 0 Å². The molecule has 4 nitrogen and oxygen atoms in total. The van der Waals surface area contributed by atoms with Gasteiger partial charge < -0.3 is 16.0 Å². The number of amides is 1. The Balaban J connectivity index is 2.32. The van der Waals surface area contributed by atoms with Crippen molar-refractivity contribution in [2.24, 2.45) is 0 Å². The Morgan fingerprint density at radius 1 is 1.20 bits per heavy atom. The van der Waals surface area contributed by atoms with Crippen LogP contribution in [0.2, 0.25) is 5.02 Å². The first-order valence-corrected chi connectivity index (χ1v) is 6.49. The predicted octanol–water partition coefficient (Wildman–Crippen LogP) is 3.37. The van der Waals surface area contributed by atoms with Crippen LogP contribution in [0.3, 0.4) is 0 Å². The van der Waals surface area contributed by atoms with Crippen LogP contribution in [0.5, 0.6) is 0 Å². The van der Waals surface area contributed by atoms with Gasteiger partial charge in [-0.15, -0.1) is 0 Å². The number of carbonyl (C=O) groups excluding carboxylic acids is 1. The lowest BCUT2D eigenvalue weighted by Crippen LogP contribution is -2.21. The third-order valence-electron chi connectivity index (χ3n) is 2.81. The molecule has 0 unspecified atom stereocenters. The minimum absolute atomic E-state index is 0.0702. The van der Waals surface area contributed by atoms with Crippen molar-refractivity contribution < 1.29 is 4.79 Å². The molecule has 0 aliphatic heterocycles. The van der Waals surface area contributed by atoms with Gasteiger partial charge in [0.15, 0.2) is 0 Å². The van der Waals surface area contributed by atoms with Crippen molar-refractivity contribution in [3.8, 4) is 0 Å². The molecule has 2 aromatic rings. The lowest BCUT2D eigenvalue weighted by molar-refractivity contribution is 0.0827. The number of anilines is 3. The van der Waals surface area contributed by atoms with Crippen LogP contribution in [-0.2, 0) is 0 Å². The number of nitrogens with zero attached hydrogens (tertiary/aromatic N) is 1. The smallest absolute Gasteiger partial charge is 0.253 e. The second-order valence-corrected chi connectivity index (χ2v) is 5.07. The average Bonchev–Trinajstić information content (AvgIpc) is 2.40. The SMILES string of the molecule is CN(C)C(=O)c1ccc(N)c(Nc2cccc(Cl)c2)c1. The molecule has 2 rings (SSSR count). The highest BCUT2D eigenvalue weighted by molar-refractivity contribution is 6.30. The number of halogens is 1. The summed E-state index contributed by atoms with van der Waals surface area (Å²) in [6.45, 7) is 0. The third-order valence-corrected chi connectivity index (χ3v) is 3.05. The van der Waals surface area contributed by atoms with Crippen molar-refractivity contribution in [3.05, 3.63) is 53.1 Å². The second-order valence-electron chi connectivity index (χ2n) is 4.64. The van der Waals surface area contributed by atoms with E-state index in [4.69, 9.17) is 17.3 Å². The Kier molecular flexibility index (Phi) is 4.15. The standard InChI is InChI=1S/C15H16ClN3O/c1-19(2)15(20)10-6-7-13(17)14(8-10)18-12-5-3-4-11(16)9-12/h3-9,18H,17H2,1-2H3. The van der Waals surface area contributed by atoms with Crippen LogP contribution in [0.25, 0.3) is 0 Å². The Morgan fingerprint density at radius 3 is 2.60 bits per heavy atom. The average molecular weight is 290 g/mol. The summed E-state index contributed by atoms with van der Waals surface area (Å²) in [5, 5.41) is 3.80. The number of carbonyl (C=O) groups is 1. The molecular weight excluding hydrogens is 274 g/mol. The van der Waals surface area contributed by atoms with Crippen LogP contribution < -0.4 is 11.1 Å². The van der Waals surface area contributed by atoms with Gasteiger partial charge in [0.1, 0.15) is 0 Å². The summed E-state index contributed by atoms with van der Waals surface area (Å²) >= 11 is 5.94. The van der Waals surface area contributed by atoms with Crippen LogP contribution in [0.4, 0.5) is 17.1 Å². The third kappa shape index (κ3) is 3.22. The summed E-state index contributed by atoms with van der Waals surface area (Å²) in [6.07, 6.45) is 0. The summed E-state index contributed by atoms with van der Waals surface area (Å²) < 4.78 is 0. The zero-order valence-corrected chi connectivity index (χ0v) is 12.1. The molecule has 3 N–H and O–H groups in total. The van der Waals surface area contributed by atoms with Crippen LogP contribution in [0, 0.1) is 0 Å². The Bertz CT molecular complexity index is 641. The number of nitrogens with one attached hydrogen (secondary N) is 1. The van der Waals surface area contributed by atoms with Gasteiger partial charge in [0.05, 0.1) is 11.4 Å². The molecule has 0 aliphatic carbocycles. The zero-order chi connectivity index (χ0) is 14.7. The van der Waals surface area contributed by atoms with E-state index in [2.05, 4.69) is 5.32 Å². The first kappa shape index (κ1) is 14.2.